The summed E-state index contributed by atoms with van der Waals surface area (Å²) in [7, 11) is 0. The lowest BCUT2D eigenvalue weighted by Gasteiger charge is -2.16. The van der Waals surface area contributed by atoms with E-state index in [1.54, 1.807) is 0 Å². The van der Waals surface area contributed by atoms with Crippen molar-refractivity contribution >= 4 is 0 Å². The van der Waals surface area contributed by atoms with Gasteiger partial charge in [0.05, 0.1) is 12.7 Å². The zero-order valence-electron chi connectivity index (χ0n) is 29.5. The third-order valence-electron chi connectivity index (χ3n) is 8.68. The van der Waals surface area contributed by atoms with E-state index in [1.807, 2.05) is 0 Å². The van der Waals surface area contributed by atoms with Crippen LogP contribution in [0.15, 0.2) is 24.3 Å². The molecule has 0 aliphatic heterocycles. The molecule has 0 heterocycles. The molecule has 0 spiro atoms. The Kier molecular flexibility index (Phi) is 36.1. The van der Waals surface area contributed by atoms with Gasteiger partial charge in [-0.15, -0.1) is 0 Å². The summed E-state index contributed by atoms with van der Waals surface area (Å²) in [5.41, 5.74) is 0. The fraction of sp³-hybridized carbons (Fsp3) is 0.900. The van der Waals surface area contributed by atoms with E-state index in [4.69, 9.17) is 9.47 Å². The second-order valence-corrected chi connectivity index (χ2v) is 13.1. The molecule has 0 N–H and O–H groups in total. The van der Waals surface area contributed by atoms with Crippen molar-refractivity contribution in [3.63, 3.8) is 0 Å². The van der Waals surface area contributed by atoms with Gasteiger partial charge in [-0.2, -0.15) is 0 Å². The largest absolute Gasteiger partial charge is 0.379 e. The van der Waals surface area contributed by atoms with Gasteiger partial charge in [0.1, 0.15) is 0 Å². The Labute approximate surface area is 266 Å². The van der Waals surface area contributed by atoms with Gasteiger partial charge in [0, 0.05) is 13.2 Å². The molecule has 2 heteroatoms. The lowest BCUT2D eigenvalue weighted by molar-refractivity contribution is -0.0200. The molecule has 250 valence electrons. The third kappa shape index (κ3) is 33.9. The van der Waals surface area contributed by atoms with Gasteiger partial charge in [0.2, 0.25) is 0 Å². The molecular formula is C40H78O2. The summed E-state index contributed by atoms with van der Waals surface area (Å²) in [4.78, 5) is 0. The first-order chi connectivity index (χ1) is 20.7. The Morgan fingerprint density at radius 2 is 0.929 bits per heavy atom. The quantitative estimate of drug-likeness (QED) is 0.0540. The molecule has 2 atom stereocenters. The SMILES string of the molecule is CCCCCCC/C=C\CCCCCCCCOCC(CC)OCCCCCCCC/C=C\C[C@@H](C)CCCCCC. The van der Waals surface area contributed by atoms with E-state index < -0.39 is 0 Å². The smallest absolute Gasteiger partial charge is 0.0805 e. The molecule has 0 amide bonds. The summed E-state index contributed by atoms with van der Waals surface area (Å²) in [5.74, 6) is 0.858. The molecule has 0 fully saturated rings. The lowest BCUT2D eigenvalue weighted by Crippen LogP contribution is -2.20. The Bertz CT molecular complexity index is 540. The number of hydrogen-bond donors (Lipinski definition) is 0. The van der Waals surface area contributed by atoms with Crippen molar-refractivity contribution in [2.24, 2.45) is 5.92 Å². The van der Waals surface area contributed by atoms with E-state index in [-0.39, 0.29) is 6.10 Å². The fourth-order valence-corrected chi connectivity index (χ4v) is 5.58. The molecule has 0 aliphatic rings. The van der Waals surface area contributed by atoms with Crippen LogP contribution >= 0.6 is 0 Å². The predicted molar refractivity (Wildman–Crippen MR) is 190 cm³/mol. The normalized spacial score (nSPS) is 13.5. The summed E-state index contributed by atoms with van der Waals surface area (Å²) >= 11 is 0. The zero-order valence-corrected chi connectivity index (χ0v) is 29.5. The fourth-order valence-electron chi connectivity index (χ4n) is 5.58. The minimum atomic E-state index is 0.278. The van der Waals surface area contributed by atoms with Crippen LogP contribution in [0.3, 0.4) is 0 Å². The Morgan fingerprint density at radius 1 is 0.476 bits per heavy atom. The van der Waals surface area contributed by atoms with Crippen molar-refractivity contribution in [2.75, 3.05) is 19.8 Å². The summed E-state index contributed by atoms with van der Waals surface area (Å²) in [6.07, 6.45) is 46.0. The molecule has 0 aromatic heterocycles. The molecule has 2 nitrogen and oxygen atoms in total. The van der Waals surface area contributed by atoms with E-state index in [1.165, 1.54) is 167 Å². The molecule has 0 saturated carbocycles. The highest BCUT2D eigenvalue weighted by Crippen LogP contribution is 2.15. The molecule has 1 unspecified atom stereocenters. The number of ether oxygens (including phenoxy) is 2. The van der Waals surface area contributed by atoms with E-state index in [0.717, 1.165) is 32.2 Å². The van der Waals surface area contributed by atoms with Gasteiger partial charge < -0.3 is 9.47 Å². The first-order valence-electron chi connectivity index (χ1n) is 19.2. The van der Waals surface area contributed by atoms with Crippen molar-refractivity contribution in [1.29, 1.82) is 0 Å². The molecule has 0 saturated heterocycles. The topological polar surface area (TPSA) is 18.5 Å². The van der Waals surface area contributed by atoms with E-state index in [0.29, 0.717) is 0 Å². The summed E-state index contributed by atoms with van der Waals surface area (Å²) in [5, 5.41) is 0. The number of unbranched alkanes of at least 4 members (excludes halogenated alkanes) is 20. The van der Waals surface area contributed by atoms with Crippen molar-refractivity contribution in [2.45, 2.75) is 207 Å². The average molecular weight is 591 g/mol. The zero-order chi connectivity index (χ0) is 30.6. The summed E-state index contributed by atoms with van der Waals surface area (Å²) in [6.45, 7) is 11.8. The number of hydrogen-bond acceptors (Lipinski definition) is 2. The maximum absolute atomic E-state index is 6.11. The van der Waals surface area contributed by atoms with Gasteiger partial charge in [-0.05, 0) is 70.1 Å². The van der Waals surface area contributed by atoms with Crippen LogP contribution in [0.1, 0.15) is 201 Å². The van der Waals surface area contributed by atoms with Crippen LogP contribution in [0, 0.1) is 5.92 Å². The minimum absolute atomic E-state index is 0.278. The first-order valence-corrected chi connectivity index (χ1v) is 19.2. The van der Waals surface area contributed by atoms with Crippen LogP contribution in [0.25, 0.3) is 0 Å². The van der Waals surface area contributed by atoms with Gasteiger partial charge in [-0.1, -0.05) is 161 Å². The minimum Gasteiger partial charge on any atom is -0.379 e. The highest BCUT2D eigenvalue weighted by Gasteiger charge is 2.06. The predicted octanol–water partition coefficient (Wildman–Crippen LogP) is 13.7. The maximum atomic E-state index is 6.11. The van der Waals surface area contributed by atoms with E-state index >= 15 is 0 Å². The van der Waals surface area contributed by atoms with Gasteiger partial charge in [0.25, 0.3) is 0 Å². The second kappa shape index (κ2) is 36.6. The molecule has 42 heavy (non-hydrogen) atoms. The van der Waals surface area contributed by atoms with Crippen molar-refractivity contribution in [3.05, 3.63) is 24.3 Å². The number of rotatable bonds is 35. The lowest BCUT2D eigenvalue weighted by atomic mass is 9.99. The van der Waals surface area contributed by atoms with Gasteiger partial charge in [-0.25, -0.2) is 0 Å². The Hall–Kier alpha value is -0.600. The monoisotopic (exact) mass is 591 g/mol. The average Bonchev–Trinajstić information content (AvgIpc) is 3.00. The maximum Gasteiger partial charge on any atom is 0.0805 e. The Morgan fingerprint density at radius 3 is 1.48 bits per heavy atom. The molecule has 0 rings (SSSR count). The molecule has 0 aromatic carbocycles. The van der Waals surface area contributed by atoms with Crippen LogP contribution in [-0.2, 0) is 9.47 Å². The highest BCUT2D eigenvalue weighted by atomic mass is 16.5. The standard InChI is InChI=1S/C40H78O2/c1-5-8-10-12-13-14-15-16-17-18-19-22-25-28-32-36-41-38-40(7-3)42-37-33-29-26-23-20-21-24-27-31-35-39(4)34-30-11-9-6-2/h15-16,27,31,39-40H,5-14,17-26,28-30,32-38H2,1-4H3/b16-15-,31-27-/t39-,40?/m0/s1. The van der Waals surface area contributed by atoms with Crippen LogP contribution in [-0.4, -0.2) is 25.9 Å². The van der Waals surface area contributed by atoms with Crippen LogP contribution in [0.2, 0.25) is 0 Å². The molecule has 0 radical (unpaired) electrons. The summed E-state index contributed by atoms with van der Waals surface area (Å²) in [6, 6.07) is 0. The molecule has 0 aromatic rings. The van der Waals surface area contributed by atoms with E-state index in [9.17, 15) is 0 Å². The molecular weight excluding hydrogens is 512 g/mol. The molecule has 0 aliphatic carbocycles. The third-order valence-corrected chi connectivity index (χ3v) is 8.68. The first kappa shape index (κ1) is 41.4. The van der Waals surface area contributed by atoms with E-state index in [2.05, 4.69) is 52.0 Å². The van der Waals surface area contributed by atoms with Gasteiger partial charge in [-0.3, -0.25) is 0 Å². The van der Waals surface area contributed by atoms with Crippen molar-refractivity contribution in [3.8, 4) is 0 Å². The van der Waals surface area contributed by atoms with Crippen LogP contribution in [0.4, 0.5) is 0 Å². The molecule has 0 bridgehead atoms. The van der Waals surface area contributed by atoms with Crippen molar-refractivity contribution in [1.82, 2.24) is 0 Å². The summed E-state index contributed by atoms with van der Waals surface area (Å²) < 4.78 is 12.1. The van der Waals surface area contributed by atoms with Crippen LogP contribution in [0.5, 0.6) is 0 Å². The van der Waals surface area contributed by atoms with Crippen LogP contribution < -0.4 is 0 Å². The number of allylic oxidation sites excluding steroid dienone is 4. The van der Waals surface area contributed by atoms with Gasteiger partial charge >= 0.3 is 0 Å². The van der Waals surface area contributed by atoms with Crippen molar-refractivity contribution < 1.29 is 9.47 Å². The second-order valence-electron chi connectivity index (χ2n) is 13.1. The highest BCUT2D eigenvalue weighted by molar-refractivity contribution is 4.83. The Balaban J connectivity index is 3.38. The van der Waals surface area contributed by atoms with Gasteiger partial charge in [0.15, 0.2) is 0 Å².